The quantitative estimate of drug-likeness (QED) is 0.854. The van der Waals surface area contributed by atoms with Crippen LogP contribution in [-0.4, -0.2) is 35.5 Å². The number of aryl methyl sites for hydroxylation is 1. The zero-order chi connectivity index (χ0) is 15.5. The molecule has 1 aliphatic heterocycles. The number of amides is 1. The molecule has 1 saturated heterocycles. The normalized spacial score (nSPS) is 18.3. The highest BCUT2D eigenvalue weighted by molar-refractivity contribution is 6.30. The molecular weight excluding hydrogens is 300 g/mol. The molecule has 2 aromatic rings. The fourth-order valence-electron chi connectivity index (χ4n) is 2.46. The lowest BCUT2D eigenvalue weighted by Crippen LogP contribution is -2.42. The Bertz CT molecular complexity index is 655. The Hall–Kier alpha value is -1.91. The van der Waals surface area contributed by atoms with Crippen LogP contribution in [0.3, 0.4) is 0 Å². The largest absolute Gasteiger partial charge is 0.368 e. The molecule has 0 unspecified atom stereocenters. The van der Waals surface area contributed by atoms with Crippen LogP contribution in [-0.2, 0) is 4.74 Å². The summed E-state index contributed by atoms with van der Waals surface area (Å²) in [6.07, 6.45) is 1.64. The number of hydrogen-bond donors (Lipinski definition) is 0. The second-order valence-electron chi connectivity index (χ2n) is 5.38. The van der Waals surface area contributed by atoms with E-state index in [1.807, 2.05) is 25.3 Å². The number of halogens is 1. The minimum Gasteiger partial charge on any atom is -0.368 e. The van der Waals surface area contributed by atoms with E-state index in [4.69, 9.17) is 16.3 Å². The molecule has 0 bridgehead atoms. The molecular formula is C17H17ClN2O2. The van der Waals surface area contributed by atoms with Gasteiger partial charge in [-0.2, -0.15) is 0 Å². The Morgan fingerprint density at radius 3 is 2.73 bits per heavy atom. The van der Waals surface area contributed by atoms with E-state index in [1.54, 1.807) is 29.2 Å². The second kappa shape index (κ2) is 6.46. The summed E-state index contributed by atoms with van der Waals surface area (Å²) in [7, 11) is 0. The fourth-order valence-corrected chi connectivity index (χ4v) is 2.58. The molecule has 3 rings (SSSR count). The summed E-state index contributed by atoms with van der Waals surface area (Å²) in [5, 5.41) is 0.625. The number of aromatic nitrogens is 1. The molecule has 114 valence electrons. The number of ether oxygens (including phenoxy) is 1. The summed E-state index contributed by atoms with van der Waals surface area (Å²) < 4.78 is 5.76. The van der Waals surface area contributed by atoms with Crippen molar-refractivity contribution in [2.75, 3.05) is 19.7 Å². The molecule has 0 aliphatic carbocycles. The summed E-state index contributed by atoms with van der Waals surface area (Å²) in [4.78, 5) is 18.8. The van der Waals surface area contributed by atoms with Gasteiger partial charge >= 0.3 is 0 Å². The third kappa shape index (κ3) is 3.29. The third-order valence-electron chi connectivity index (χ3n) is 3.71. The summed E-state index contributed by atoms with van der Waals surface area (Å²) in [6, 6.07) is 10.9. The summed E-state index contributed by atoms with van der Waals surface area (Å²) in [5.41, 5.74) is 2.61. The maximum absolute atomic E-state index is 12.5. The van der Waals surface area contributed by atoms with Gasteiger partial charge in [0.2, 0.25) is 0 Å². The fraction of sp³-hybridized carbons (Fsp3) is 0.294. The van der Waals surface area contributed by atoms with E-state index in [0.29, 0.717) is 30.3 Å². The second-order valence-corrected chi connectivity index (χ2v) is 5.81. The predicted molar refractivity (Wildman–Crippen MR) is 85.0 cm³/mol. The Labute approximate surface area is 134 Å². The number of pyridine rings is 1. The van der Waals surface area contributed by atoms with E-state index in [1.165, 1.54) is 0 Å². The van der Waals surface area contributed by atoms with Crippen LogP contribution < -0.4 is 0 Å². The number of carbonyl (C=O) groups is 1. The summed E-state index contributed by atoms with van der Waals surface area (Å²) in [5.74, 6) is -0.00271. The van der Waals surface area contributed by atoms with Gasteiger partial charge in [0.25, 0.3) is 5.91 Å². The van der Waals surface area contributed by atoms with Crippen LogP contribution >= 0.6 is 11.6 Å². The molecule has 1 aliphatic rings. The molecule has 0 N–H and O–H groups in total. The SMILES string of the molecule is Cc1ccc([C@H]2CN(C(=O)c3ccc(Cl)cc3)CCO2)nc1. The number of carbonyl (C=O) groups excluding carboxylic acids is 1. The zero-order valence-electron chi connectivity index (χ0n) is 12.3. The highest BCUT2D eigenvalue weighted by Crippen LogP contribution is 2.22. The van der Waals surface area contributed by atoms with E-state index >= 15 is 0 Å². The lowest BCUT2D eigenvalue weighted by molar-refractivity contribution is -0.0247. The van der Waals surface area contributed by atoms with Gasteiger partial charge in [0.1, 0.15) is 6.10 Å². The smallest absolute Gasteiger partial charge is 0.254 e. The molecule has 2 heterocycles. The van der Waals surface area contributed by atoms with Gasteiger partial charge in [0.15, 0.2) is 0 Å². The van der Waals surface area contributed by atoms with Crippen LogP contribution in [0.1, 0.15) is 27.7 Å². The van der Waals surface area contributed by atoms with E-state index < -0.39 is 0 Å². The molecule has 1 aromatic heterocycles. The number of benzene rings is 1. The van der Waals surface area contributed by atoms with Crippen molar-refractivity contribution in [3.8, 4) is 0 Å². The predicted octanol–water partition coefficient (Wildman–Crippen LogP) is 3.26. The maximum atomic E-state index is 12.5. The van der Waals surface area contributed by atoms with Crippen molar-refractivity contribution in [2.45, 2.75) is 13.0 Å². The first-order chi connectivity index (χ1) is 10.6. The van der Waals surface area contributed by atoms with E-state index in [9.17, 15) is 4.79 Å². The minimum absolute atomic E-state index is 0.00271. The Morgan fingerprint density at radius 2 is 2.05 bits per heavy atom. The van der Waals surface area contributed by atoms with Crippen LogP contribution in [0.4, 0.5) is 0 Å². The Kier molecular flexibility index (Phi) is 4.41. The zero-order valence-corrected chi connectivity index (χ0v) is 13.1. The Balaban J connectivity index is 1.73. The van der Waals surface area contributed by atoms with Crippen molar-refractivity contribution in [1.29, 1.82) is 0 Å². The molecule has 22 heavy (non-hydrogen) atoms. The molecule has 0 saturated carbocycles. The first kappa shape index (κ1) is 15.0. The maximum Gasteiger partial charge on any atom is 0.254 e. The number of morpholine rings is 1. The molecule has 1 aromatic carbocycles. The van der Waals surface area contributed by atoms with Gasteiger partial charge in [-0.1, -0.05) is 17.7 Å². The molecule has 4 nitrogen and oxygen atoms in total. The van der Waals surface area contributed by atoms with Crippen molar-refractivity contribution >= 4 is 17.5 Å². The lowest BCUT2D eigenvalue weighted by atomic mass is 10.1. The number of hydrogen-bond acceptors (Lipinski definition) is 3. The third-order valence-corrected chi connectivity index (χ3v) is 3.96. The van der Waals surface area contributed by atoms with Gasteiger partial charge in [-0.15, -0.1) is 0 Å². The van der Waals surface area contributed by atoms with E-state index in [0.717, 1.165) is 11.3 Å². The molecule has 0 spiro atoms. The van der Waals surface area contributed by atoms with Crippen LogP contribution in [0.5, 0.6) is 0 Å². The highest BCUT2D eigenvalue weighted by atomic mass is 35.5. The monoisotopic (exact) mass is 316 g/mol. The summed E-state index contributed by atoms with van der Waals surface area (Å²) in [6.45, 7) is 3.61. The van der Waals surface area contributed by atoms with Crippen molar-refractivity contribution in [3.63, 3.8) is 0 Å². The van der Waals surface area contributed by atoms with Crippen molar-refractivity contribution < 1.29 is 9.53 Å². The van der Waals surface area contributed by atoms with Gasteiger partial charge in [0.05, 0.1) is 18.8 Å². The van der Waals surface area contributed by atoms with E-state index in [2.05, 4.69) is 4.98 Å². The first-order valence-electron chi connectivity index (χ1n) is 7.22. The molecule has 1 amide bonds. The lowest BCUT2D eigenvalue weighted by Gasteiger charge is -2.32. The summed E-state index contributed by atoms with van der Waals surface area (Å²) >= 11 is 5.86. The Morgan fingerprint density at radius 1 is 1.27 bits per heavy atom. The van der Waals surface area contributed by atoms with Gasteiger partial charge in [-0.3, -0.25) is 9.78 Å². The molecule has 1 fully saturated rings. The van der Waals surface area contributed by atoms with Crippen LogP contribution in [0, 0.1) is 6.92 Å². The van der Waals surface area contributed by atoms with E-state index in [-0.39, 0.29) is 12.0 Å². The molecule has 5 heteroatoms. The average Bonchev–Trinajstić information content (AvgIpc) is 2.56. The topological polar surface area (TPSA) is 42.4 Å². The number of nitrogens with zero attached hydrogens (tertiary/aromatic N) is 2. The van der Waals surface area contributed by atoms with Crippen LogP contribution in [0.2, 0.25) is 5.02 Å². The highest BCUT2D eigenvalue weighted by Gasteiger charge is 2.26. The first-order valence-corrected chi connectivity index (χ1v) is 7.60. The minimum atomic E-state index is -0.175. The molecule has 0 radical (unpaired) electrons. The standard InChI is InChI=1S/C17H17ClN2O2/c1-12-2-7-15(19-10-12)16-11-20(8-9-22-16)17(21)13-3-5-14(18)6-4-13/h2-7,10,16H,8-9,11H2,1H3/t16-/m1/s1. The number of rotatable bonds is 2. The van der Waals surface area contributed by atoms with Crippen LogP contribution in [0.25, 0.3) is 0 Å². The van der Waals surface area contributed by atoms with Gasteiger partial charge in [-0.05, 0) is 42.8 Å². The molecule has 1 atom stereocenters. The van der Waals surface area contributed by atoms with Crippen molar-refractivity contribution in [1.82, 2.24) is 9.88 Å². The van der Waals surface area contributed by atoms with Gasteiger partial charge in [0, 0.05) is 23.3 Å². The van der Waals surface area contributed by atoms with Gasteiger partial charge in [-0.25, -0.2) is 0 Å². The van der Waals surface area contributed by atoms with Crippen LogP contribution in [0.15, 0.2) is 42.6 Å². The van der Waals surface area contributed by atoms with Crippen molar-refractivity contribution in [3.05, 3.63) is 64.4 Å². The van der Waals surface area contributed by atoms with Gasteiger partial charge < -0.3 is 9.64 Å². The van der Waals surface area contributed by atoms with Crippen molar-refractivity contribution in [2.24, 2.45) is 0 Å². The average molecular weight is 317 g/mol.